The third-order valence-corrected chi connectivity index (χ3v) is 7.15. The van der Waals surface area contributed by atoms with E-state index in [1.807, 2.05) is 24.7 Å². The largest absolute Gasteiger partial charge is 0.292 e. The zero-order valence-corrected chi connectivity index (χ0v) is 15.9. The topological polar surface area (TPSA) is 67.6 Å². The average Bonchev–Trinajstić information content (AvgIpc) is 2.99. The van der Waals surface area contributed by atoms with Crippen molar-refractivity contribution in [2.75, 3.05) is 11.5 Å². The number of hydrogen-bond donors (Lipinski definition) is 0. The molecule has 0 aromatic carbocycles. The van der Waals surface area contributed by atoms with Crippen molar-refractivity contribution in [3.63, 3.8) is 0 Å². The molecule has 134 valence electrons. The summed E-state index contributed by atoms with van der Waals surface area (Å²) in [4.78, 5) is 0. The molecular weight excluding hydrogens is 324 g/mol. The summed E-state index contributed by atoms with van der Waals surface area (Å²) in [7, 11) is -2.91. The third-order valence-electron chi connectivity index (χ3n) is 5.40. The Morgan fingerprint density at radius 2 is 1.83 bits per heavy atom. The van der Waals surface area contributed by atoms with Crippen LogP contribution in [0.1, 0.15) is 62.5 Å². The molecule has 2 saturated heterocycles. The highest BCUT2D eigenvalue weighted by Crippen LogP contribution is 2.27. The molecule has 0 saturated carbocycles. The van der Waals surface area contributed by atoms with Crippen LogP contribution in [0.25, 0.3) is 0 Å². The van der Waals surface area contributed by atoms with Gasteiger partial charge >= 0.3 is 0 Å². The molecular formula is C17H28N4O2S. The molecule has 2 aliphatic heterocycles. The summed E-state index contributed by atoms with van der Waals surface area (Å²) in [5.41, 5.74) is 2.94. The van der Waals surface area contributed by atoms with Crippen LogP contribution >= 0.6 is 0 Å². The first-order valence-corrected chi connectivity index (χ1v) is 10.7. The minimum absolute atomic E-state index is 0.0383. The SMILES string of the molecule is Cc1nn([C@@H]2CCS(=O)(=O)C2)c(C)c1C=NN1[C@H](C)CCC[C@@H]1C. The fraction of sp³-hybridized carbons (Fsp3) is 0.765. The Balaban J connectivity index is 1.83. The Hall–Kier alpha value is -1.37. The van der Waals surface area contributed by atoms with Crippen LogP contribution in [0.2, 0.25) is 0 Å². The summed E-state index contributed by atoms with van der Waals surface area (Å²) in [6.07, 6.45) is 6.19. The second-order valence-corrected chi connectivity index (χ2v) is 9.57. The molecule has 7 heteroatoms. The second-order valence-electron chi connectivity index (χ2n) is 7.34. The molecule has 0 radical (unpaired) electrons. The van der Waals surface area contributed by atoms with E-state index in [9.17, 15) is 8.42 Å². The van der Waals surface area contributed by atoms with Crippen molar-refractivity contribution in [3.05, 3.63) is 17.0 Å². The van der Waals surface area contributed by atoms with Gasteiger partial charge in [0.05, 0.1) is 29.5 Å². The highest BCUT2D eigenvalue weighted by molar-refractivity contribution is 7.91. The van der Waals surface area contributed by atoms with E-state index in [2.05, 4.69) is 24.0 Å². The van der Waals surface area contributed by atoms with Gasteiger partial charge in [-0.2, -0.15) is 10.2 Å². The molecule has 0 N–H and O–H groups in total. The van der Waals surface area contributed by atoms with Gasteiger partial charge < -0.3 is 0 Å². The van der Waals surface area contributed by atoms with Gasteiger partial charge in [0.2, 0.25) is 0 Å². The smallest absolute Gasteiger partial charge is 0.152 e. The fourth-order valence-corrected chi connectivity index (χ4v) is 5.64. The molecule has 1 aromatic heterocycles. The van der Waals surface area contributed by atoms with E-state index in [1.165, 1.54) is 19.3 Å². The first-order valence-electron chi connectivity index (χ1n) is 8.87. The van der Waals surface area contributed by atoms with E-state index in [-0.39, 0.29) is 17.5 Å². The van der Waals surface area contributed by atoms with Gasteiger partial charge in [0.15, 0.2) is 9.84 Å². The highest BCUT2D eigenvalue weighted by atomic mass is 32.2. The summed E-state index contributed by atoms with van der Waals surface area (Å²) in [5, 5.41) is 11.5. The number of sulfone groups is 1. The summed E-state index contributed by atoms with van der Waals surface area (Å²) in [6.45, 7) is 8.42. The van der Waals surface area contributed by atoms with Crippen molar-refractivity contribution in [1.29, 1.82) is 0 Å². The lowest BCUT2D eigenvalue weighted by Gasteiger charge is -2.36. The molecule has 6 nitrogen and oxygen atoms in total. The summed E-state index contributed by atoms with van der Waals surface area (Å²) in [5.74, 6) is 0.466. The Bertz CT molecular complexity index is 728. The number of nitrogens with zero attached hydrogens (tertiary/aromatic N) is 4. The third kappa shape index (κ3) is 3.36. The van der Waals surface area contributed by atoms with Crippen molar-refractivity contribution in [2.24, 2.45) is 5.10 Å². The van der Waals surface area contributed by atoms with Gasteiger partial charge in [0.1, 0.15) is 0 Å². The van der Waals surface area contributed by atoms with Crippen molar-refractivity contribution >= 4 is 16.1 Å². The van der Waals surface area contributed by atoms with Gasteiger partial charge in [-0.1, -0.05) is 0 Å². The standard InChI is InChI=1S/C17H28N4O2S/c1-12-6-5-7-13(2)20(12)18-10-17-14(3)19-21(15(17)4)16-8-9-24(22,23)11-16/h10,12-13,16H,5-9,11H2,1-4H3/t12-,13+,16-/m1/s1. The first kappa shape index (κ1) is 17.5. The number of hydrogen-bond acceptors (Lipinski definition) is 5. The van der Waals surface area contributed by atoms with E-state index in [1.54, 1.807) is 0 Å². The Kier molecular flexibility index (Phi) is 4.73. The van der Waals surface area contributed by atoms with E-state index >= 15 is 0 Å². The molecule has 24 heavy (non-hydrogen) atoms. The minimum Gasteiger partial charge on any atom is -0.292 e. The quantitative estimate of drug-likeness (QED) is 0.784. The molecule has 0 aliphatic carbocycles. The van der Waals surface area contributed by atoms with Crippen molar-refractivity contribution in [1.82, 2.24) is 14.8 Å². The normalized spacial score (nSPS) is 30.3. The lowest BCUT2D eigenvalue weighted by atomic mass is 10.00. The molecule has 0 spiro atoms. The molecule has 1 aromatic rings. The minimum atomic E-state index is -2.91. The van der Waals surface area contributed by atoms with Gasteiger partial charge in [-0.15, -0.1) is 0 Å². The molecule has 0 amide bonds. The van der Waals surface area contributed by atoms with Crippen LogP contribution in [0.4, 0.5) is 0 Å². The van der Waals surface area contributed by atoms with E-state index in [4.69, 9.17) is 5.10 Å². The molecule has 0 bridgehead atoms. The van der Waals surface area contributed by atoms with Crippen LogP contribution in [0.15, 0.2) is 5.10 Å². The molecule has 2 aliphatic rings. The van der Waals surface area contributed by atoms with Crippen LogP contribution in [0, 0.1) is 13.8 Å². The molecule has 0 unspecified atom stereocenters. The predicted molar refractivity (Wildman–Crippen MR) is 96.2 cm³/mol. The Morgan fingerprint density at radius 3 is 2.42 bits per heavy atom. The summed E-state index contributed by atoms with van der Waals surface area (Å²) in [6, 6.07) is 0.880. The number of aryl methyl sites for hydroxylation is 1. The van der Waals surface area contributed by atoms with Gasteiger partial charge in [0, 0.05) is 23.3 Å². The number of hydrazone groups is 1. The second kappa shape index (κ2) is 6.50. The Labute approximate surface area is 144 Å². The zero-order chi connectivity index (χ0) is 17.5. The van der Waals surface area contributed by atoms with Crippen LogP contribution in [0.5, 0.6) is 0 Å². The van der Waals surface area contributed by atoms with Crippen LogP contribution in [-0.2, 0) is 9.84 Å². The lowest BCUT2D eigenvalue weighted by molar-refractivity contribution is 0.109. The summed E-state index contributed by atoms with van der Waals surface area (Å²) < 4.78 is 25.4. The highest BCUT2D eigenvalue weighted by Gasteiger charge is 2.31. The van der Waals surface area contributed by atoms with Gasteiger partial charge in [-0.05, 0) is 53.4 Å². The van der Waals surface area contributed by atoms with Gasteiger partial charge in [-0.25, -0.2) is 8.42 Å². The van der Waals surface area contributed by atoms with Gasteiger partial charge in [-0.3, -0.25) is 9.69 Å². The number of aromatic nitrogens is 2. The first-order chi connectivity index (χ1) is 11.3. The van der Waals surface area contributed by atoms with Crippen molar-refractivity contribution in [3.8, 4) is 0 Å². The lowest BCUT2D eigenvalue weighted by Crippen LogP contribution is -2.39. The molecule has 3 atom stereocenters. The Morgan fingerprint density at radius 1 is 1.17 bits per heavy atom. The fourth-order valence-electron chi connectivity index (χ4n) is 3.95. The van der Waals surface area contributed by atoms with Crippen LogP contribution in [0.3, 0.4) is 0 Å². The maximum absolute atomic E-state index is 11.7. The molecule has 3 heterocycles. The van der Waals surface area contributed by atoms with Crippen molar-refractivity contribution in [2.45, 2.75) is 71.5 Å². The summed E-state index contributed by atoms with van der Waals surface area (Å²) >= 11 is 0. The maximum Gasteiger partial charge on any atom is 0.152 e. The predicted octanol–water partition coefficient (Wildman–Crippen LogP) is 2.46. The maximum atomic E-state index is 11.7. The average molecular weight is 353 g/mol. The number of piperidine rings is 1. The van der Waals surface area contributed by atoms with Crippen LogP contribution < -0.4 is 0 Å². The van der Waals surface area contributed by atoms with Crippen molar-refractivity contribution < 1.29 is 8.42 Å². The molecule has 2 fully saturated rings. The monoisotopic (exact) mass is 352 g/mol. The van der Waals surface area contributed by atoms with E-state index in [0.717, 1.165) is 17.0 Å². The van der Waals surface area contributed by atoms with Crippen LogP contribution in [-0.4, -0.2) is 53.0 Å². The van der Waals surface area contributed by atoms with E-state index in [0.29, 0.717) is 18.5 Å². The van der Waals surface area contributed by atoms with Gasteiger partial charge in [0.25, 0.3) is 0 Å². The number of rotatable bonds is 3. The van der Waals surface area contributed by atoms with E-state index < -0.39 is 9.84 Å². The zero-order valence-electron chi connectivity index (χ0n) is 15.1. The molecule has 3 rings (SSSR count).